The molecule has 1 amide bonds. The third-order valence-corrected chi connectivity index (χ3v) is 5.33. The van der Waals surface area contributed by atoms with Crippen molar-refractivity contribution < 1.29 is 9.53 Å². The molecule has 1 aliphatic rings. The molecule has 0 saturated heterocycles. The standard InChI is InChI=1S/C23H30N4O2.HI/c1-18(28)27-20-10-6-11-21(16-20)29-15-14-25-22(24-2)26-17-23(12-7-13-23)19-8-4-3-5-9-19;/h3-6,8-11,16H,7,12-15,17H2,1-2H3,(H,27,28)(H2,24,25,26);1H. The van der Waals surface area contributed by atoms with Crippen LogP contribution >= 0.6 is 24.0 Å². The molecule has 2 aromatic rings. The number of carbonyl (C=O) groups excluding carboxylic acids is 1. The molecule has 1 aliphatic carbocycles. The van der Waals surface area contributed by atoms with Crippen molar-refractivity contribution in [2.45, 2.75) is 31.6 Å². The number of guanidine groups is 1. The normalized spacial score (nSPS) is 14.7. The summed E-state index contributed by atoms with van der Waals surface area (Å²) in [5.41, 5.74) is 2.34. The highest BCUT2D eigenvalue weighted by molar-refractivity contribution is 14.0. The number of nitrogens with zero attached hydrogens (tertiary/aromatic N) is 1. The maximum atomic E-state index is 11.2. The summed E-state index contributed by atoms with van der Waals surface area (Å²) in [6.45, 7) is 3.48. The largest absolute Gasteiger partial charge is 0.492 e. The number of nitrogens with one attached hydrogen (secondary N) is 3. The molecule has 2 aromatic carbocycles. The summed E-state index contributed by atoms with van der Waals surface area (Å²) in [4.78, 5) is 15.5. The van der Waals surface area contributed by atoms with Crippen molar-refractivity contribution in [3.63, 3.8) is 0 Å². The molecule has 0 bridgehead atoms. The van der Waals surface area contributed by atoms with E-state index in [1.165, 1.54) is 31.7 Å². The molecule has 0 atom stereocenters. The van der Waals surface area contributed by atoms with Crippen LogP contribution in [0.5, 0.6) is 5.75 Å². The molecule has 3 rings (SSSR count). The van der Waals surface area contributed by atoms with Gasteiger partial charge in [0.1, 0.15) is 12.4 Å². The van der Waals surface area contributed by atoms with Gasteiger partial charge < -0.3 is 20.7 Å². The van der Waals surface area contributed by atoms with E-state index >= 15 is 0 Å². The fourth-order valence-corrected chi connectivity index (χ4v) is 3.64. The van der Waals surface area contributed by atoms with Crippen molar-refractivity contribution in [3.8, 4) is 5.75 Å². The number of benzene rings is 2. The molecule has 6 nitrogen and oxygen atoms in total. The van der Waals surface area contributed by atoms with E-state index < -0.39 is 0 Å². The molecule has 7 heteroatoms. The van der Waals surface area contributed by atoms with Gasteiger partial charge in [-0.2, -0.15) is 0 Å². The Morgan fingerprint density at radius 3 is 2.50 bits per heavy atom. The van der Waals surface area contributed by atoms with Gasteiger partial charge in [-0.05, 0) is 30.5 Å². The molecular weight excluding hydrogens is 491 g/mol. The van der Waals surface area contributed by atoms with Crippen LogP contribution in [0.1, 0.15) is 31.7 Å². The van der Waals surface area contributed by atoms with E-state index in [2.05, 4.69) is 51.3 Å². The lowest BCUT2D eigenvalue weighted by Gasteiger charge is -2.43. The van der Waals surface area contributed by atoms with Crippen LogP contribution < -0.4 is 20.7 Å². The fourth-order valence-electron chi connectivity index (χ4n) is 3.64. The van der Waals surface area contributed by atoms with Crippen molar-refractivity contribution in [1.82, 2.24) is 10.6 Å². The van der Waals surface area contributed by atoms with Gasteiger partial charge in [-0.25, -0.2) is 0 Å². The van der Waals surface area contributed by atoms with Crippen molar-refractivity contribution >= 4 is 41.5 Å². The second-order valence-electron chi connectivity index (χ2n) is 7.41. The lowest BCUT2D eigenvalue weighted by atomic mass is 9.64. The van der Waals surface area contributed by atoms with Gasteiger partial charge in [0.25, 0.3) is 0 Å². The Hall–Kier alpha value is -2.29. The van der Waals surface area contributed by atoms with Crippen molar-refractivity contribution in [1.29, 1.82) is 0 Å². The van der Waals surface area contributed by atoms with E-state index in [0.717, 1.165) is 23.9 Å². The van der Waals surface area contributed by atoms with Crippen LogP contribution in [0.15, 0.2) is 59.6 Å². The zero-order chi connectivity index (χ0) is 20.5. The molecule has 0 heterocycles. The van der Waals surface area contributed by atoms with E-state index in [-0.39, 0.29) is 35.3 Å². The Morgan fingerprint density at radius 1 is 1.10 bits per heavy atom. The lowest BCUT2D eigenvalue weighted by molar-refractivity contribution is -0.114. The quantitative estimate of drug-likeness (QED) is 0.213. The molecule has 0 aliphatic heterocycles. The fraction of sp³-hybridized carbons (Fsp3) is 0.391. The van der Waals surface area contributed by atoms with Crippen LogP contribution in [0, 0.1) is 0 Å². The average Bonchev–Trinajstić information content (AvgIpc) is 2.69. The number of ether oxygens (including phenoxy) is 1. The Kier molecular flexibility index (Phi) is 9.42. The second-order valence-corrected chi connectivity index (χ2v) is 7.41. The van der Waals surface area contributed by atoms with Crippen LogP contribution in [-0.2, 0) is 10.2 Å². The van der Waals surface area contributed by atoms with Gasteiger partial charge in [-0.3, -0.25) is 9.79 Å². The Balaban J connectivity index is 0.00000320. The molecule has 0 radical (unpaired) electrons. The molecule has 0 aromatic heterocycles. The van der Waals surface area contributed by atoms with Gasteiger partial charge in [-0.15, -0.1) is 24.0 Å². The van der Waals surface area contributed by atoms with Gasteiger partial charge in [0, 0.05) is 37.7 Å². The first-order valence-corrected chi connectivity index (χ1v) is 10.1. The molecular formula is C23H31IN4O2. The number of hydrogen-bond donors (Lipinski definition) is 3. The number of halogens is 1. The number of hydrogen-bond acceptors (Lipinski definition) is 3. The van der Waals surface area contributed by atoms with Crippen LogP contribution in [0.3, 0.4) is 0 Å². The lowest BCUT2D eigenvalue weighted by Crippen LogP contribution is -2.49. The minimum Gasteiger partial charge on any atom is -0.492 e. The van der Waals surface area contributed by atoms with Gasteiger partial charge in [-0.1, -0.05) is 42.8 Å². The topological polar surface area (TPSA) is 74.8 Å². The number of carbonyl (C=O) groups is 1. The Labute approximate surface area is 195 Å². The Bertz CT molecular complexity index is 838. The first kappa shape index (κ1) is 24.0. The zero-order valence-electron chi connectivity index (χ0n) is 17.6. The SMILES string of the molecule is CN=C(NCCOc1cccc(NC(C)=O)c1)NCC1(c2ccccc2)CCC1.I. The maximum absolute atomic E-state index is 11.2. The average molecular weight is 522 g/mol. The predicted molar refractivity (Wildman–Crippen MR) is 133 cm³/mol. The smallest absolute Gasteiger partial charge is 0.221 e. The van der Waals surface area contributed by atoms with Crippen molar-refractivity contribution in [2.24, 2.45) is 4.99 Å². The van der Waals surface area contributed by atoms with Crippen LogP contribution in [0.4, 0.5) is 5.69 Å². The van der Waals surface area contributed by atoms with Crippen LogP contribution in [0.2, 0.25) is 0 Å². The third-order valence-electron chi connectivity index (χ3n) is 5.33. The zero-order valence-corrected chi connectivity index (χ0v) is 19.9. The molecule has 3 N–H and O–H groups in total. The summed E-state index contributed by atoms with van der Waals surface area (Å²) in [5.74, 6) is 1.40. The Morgan fingerprint density at radius 2 is 1.87 bits per heavy atom. The first-order valence-electron chi connectivity index (χ1n) is 10.1. The first-order chi connectivity index (χ1) is 14.1. The minimum atomic E-state index is -0.0987. The van der Waals surface area contributed by atoms with E-state index in [9.17, 15) is 4.79 Å². The van der Waals surface area contributed by atoms with E-state index in [1.807, 2.05) is 24.3 Å². The number of amides is 1. The van der Waals surface area contributed by atoms with Gasteiger partial charge in [0.05, 0.1) is 6.54 Å². The van der Waals surface area contributed by atoms with E-state index in [1.54, 1.807) is 7.05 Å². The minimum absolute atomic E-state index is 0. The molecule has 162 valence electrons. The molecule has 0 unspecified atom stereocenters. The summed E-state index contributed by atoms with van der Waals surface area (Å²) in [6.07, 6.45) is 3.68. The van der Waals surface area contributed by atoms with Crippen molar-refractivity contribution in [3.05, 3.63) is 60.2 Å². The summed E-state index contributed by atoms with van der Waals surface area (Å²) >= 11 is 0. The monoisotopic (exact) mass is 522 g/mol. The predicted octanol–water partition coefficient (Wildman–Crippen LogP) is 3.93. The molecule has 1 fully saturated rings. The second kappa shape index (κ2) is 11.8. The number of aliphatic imine (C=N–C) groups is 1. The van der Waals surface area contributed by atoms with E-state index in [0.29, 0.717) is 13.2 Å². The van der Waals surface area contributed by atoms with Gasteiger partial charge >= 0.3 is 0 Å². The highest BCUT2D eigenvalue weighted by atomic mass is 127. The summed E-state index contributed by atoms with van der Waals surface area (Å²) in [7, 11) is 1.78. The van der Waals surface area contributed by atoms with Crippen LogP contribution in [0.25, 0.3) is 0 Å². The highest BCUT2D eigenvalue weighted by Crippen LogP contribution is 2.43. The highest BCUT2D eigenvalue weighted by Gasteiger charge is 2.38. The maximum Gasteiger partial charge on any atom is 0.221 e. The molecule has 0 spiro atoms. The van der Waals surface area contributed by atoms with E-state index in [4.69, 9.17) is 4.74 Å². The van der Waals surface area contributed by atoms with Crippen molar-refractivity contribution in [2.75, 3.05) is 32.1 Å². The molecule has 30 heavy (non-hydrogen) atoms. The third kappa shape index (κ3) is 6.62. The van der Waals surface area contributed by atoms with Gasteiger partial charge in [0.15, 0.2) is 5.96 Å². The summed E-state index contributed by atoms with van der Waals surface area (Å²) in [6, 6.07) is 18.1. The van der Waals surface area contributed by atoms with Crippen LogP contribution in [-0.4, -0.2) is 38.6 Å². The summed E-state index contributed by atoms with van der Waals surface area (Å²) < 4.78 is 5.77. The number of anilines is 1. The number of rotatable bonds is 8. The summed E-state index contributed by atoms with van der Waals surface area (Å²) in [5, 5.41) is 9.53. The van der Waals surface area contributed by atoms with Gasteiger partial charge in [0.2, 0.25) is 5.91 Å². The molecule has 1 saturated carbocycles.